The van der Waals surface area contributed by atoms with Gasteiger partial charge >= 0.3 is 0 Å². The summed E-state index contributed by atoms with van der Waals surface area (Å²) in [4.78, 5) is 30.2. The first-order chi connectivity index (χ1) is 18.8. The molecule has 0 spiro atoms. The first-order valence-electron chi connectivity index (χ1n) is 12.6. The number of hydrogen-bond acceptors (Lipinski definition) is 8. The van der Waals surface area contributed by atoms with E-state index in [1.54, 1.807) is 36.9 Å². The number of fused-ring (bicyclic) bond motifs is 1. The van der Waals surface area contributed by atoms with Gasteiger partial charge in [0, 0.05) is 37.4 Å². The zero-order chi connectivity index (χ0) is 27.6. The van der Waals surface area contributed by atoms with E-state index in [0.717, 1.165) is 22.7 Å². The molecule has 10 nitrogen and oxygen atoms in total. The number of benzene rings is 3. The molecular weight excluding hydrogens is 520 g/mol. The third-order valence-corrected chi connectivity index (χ3v) is 9.12. The maximum absolute atomic E-state index is 13.1. The SMILES string of the molecule is COc1ccc(N2C[C@H](C(=O)NO)[C@H](NC(=O)c3ccc(CN4CCS(O)(O)c5ccccc54)cc3)C2)cc1. The molecule has 3 aromatic carbocycles. The topological polar surface area (TPSA) is 135 Å². The van der Waals surface area contributed by atoms with Crippen LogP contribution < -0.4 is 25.3 Å². The van der Waals surface area contributed by atoms with E-state index in [4.69, 9.17) is 4.74 Å². The van der Waals surface area contributed by atoms with Crippen LogP contribution >= 0.6 is 10.6 Å². The summed E-state index contributed by atoms with van der Waals surface area (Å²) in [6.45, 7) is 1.82. The molecule has 0 unspecified atom stereocenters. The standard InChI is InChI=1S/C28H32N4O6S/c1-38-22-12-10-21(11-13-22)32-17-23(28(34)30-35)24(18-32)29-27(33)20-8-6-19(7-9-20)16-31-14-15-39(36,37)26-5-3-2-4-25(26)31/h2-13,23-24,35-37H,14-18H2,1H3,(H,29,33)(H,30,34)/t23-,24+/m0/s1. The molecule has 2 aliphatic heterocycles. The van der Waals surface area contributed by atoms with Gasteiger partial charge in [-0.05, 0) is 54.1 Å². The Hall–Kier alpha value is -3.77. The summed E-state index contributed by atoms with van der Waals surface area (Å²) in [6.07, 6.45) is 0. The quantitative estimate of drug-likeness (QED) is 0.222. The number of para-hydroxylation sites is 1. The molecule has 0 saturated carbocycles. The molecule has 2 amide bonds. The Morgan fingerprint density at radius 1 is 1.00 bits per heavy atom. The molecule has 39 heavy (non-hydrogen) atoms. The summed E-state index contributed by atoms with van der Waals surface area (Å²) in [6, 6.07) is 21.5. The second-order valence-corrected chi connectivity index (χ2v) is 11.9. The van der Waals surface area contributed by atoms with E-state index < -0.39 is 28.5 Å². The molecular formula is C28H32N4O6S. The lowest BCUT2D eigenvalue weighted by Crippen LogP contribution is -2.45. The van der Waals surface area contributed by atoms with E-state index in [-0.39, 0.29) is 11.7 Å². The van der Waals surface area contributed by atoms with Crippen molar-refractivity contribution in [2.75, 3.05) is 42.3 Å². The van der Waals surface area contributed by atoms with E-state index in [9.17, 15) is 23.9 Å². The van der Waals surface area contributed by atoms with Gasteiger partial charge in [-0.15, -0.1) is 0 Å². The summed E-state index contributed by atoms with van der Waals surface area (Å²) < 4.78 is 26.0. The van der Waals surface area contributed by atoms with Crippen LogP contribution in [-0.4, -0.2) is 64.7 Å². The molecule has 0 bridgehead atoms. The number of carbonyl (C=O) groups is 2. The van der Waals surface area contributed by atoms with Crippen molar-refractivity contribution in [3.63, 3.8) is 0 Å². The fraction of sp³-hybridized carbons (Fsp3) is 0.286. The Kier molecular flexibility index (Phi) is 7.67. The maximum atomic E-state index is 13.1. The Morgan fingerprint density at radius 3 is 2.41 bits per heavy atom. The van der Waals surface area contributed by atoms with Gasteiger partial charge < -0.3 is 19.9 Å². The van der Waals surface area contributed by atoms with Crippen LogP contribution in [0.1, 0.15) is 15.9 Å². The van der Waals surface area contributed by atoms with E-state index in [0.29, 0.717) is 36.6 Å². The fourth-order valence-corrected chi connectivity index (χ4v) is 6.69. The van der Waals surface area contributed by atoms with Crippen molar-refractivity contribution in [2.24, 2.45) is 5.92 Å². The van der Waals surface area contributed by atoms with Crippen molar-refractivity contribution in [3.8, 4) is 5.75 Å². The van der Waals surface area contributed by atoms with Gasteiger partial charge in [-0.2, -0.15) is 10.6 Å². The predicted molar refractivity (Wildman–Crippen MR) is 150 cm³/mol. The number of hydrogen-bond donors (Lipinski definition) is 5. The molecule has 1 fully saturated rings. The van der Waals surface area contributed by atoms with Crippen molar-refractivity contribution < 1.29 is 28.6 Å². The molecule has 0 radical (unpaired) electrons. The molecule has 2 atom stereocenters. The van der Waals surface area contributed by atoms with E-state index in [1.165, 1.54) is 0 Å². The number of carbonyl (C=O) groups excluding carboxylic acids is 2. The average Bonchev–Trinajstić information content (AvgIpc) is 3.38. The monoisotopic (exact) mass is 552 g/mol. The number of amides is 2. The highest BCUT2D eigenvalue weighted by molar-refractivity contribution is 8.24. The van der Waals surface area contributed by atoms with Crippen LogP contribution in [0.2, 0.25) is 0 Å². The third kappa shape index (κ3) is 5.66. The molecule has 5 N–H and O–H groups in total. The van der Waals surface area contributed by atoms with Crippen LogP contribution in [0.25, 0.3) is 0 Å². The minimum absolute atomic E-state index is 0.280. The highest BCUT2D eigenvalue weighted by Gasteiger charge is 2.39. The largest absolute Gasteiger partial charge is 0.497 e. The van der Waals surface area contributed by atoms with Crippen LogP contribution in [0.5, 0.6) is 5.75 Å². The van der Waals surface area contributed by atoms with E-state index in [2.05, 4.69) is 10.2 Å². The van der Waals surface area contributed by atoms with E-state index >= 15 is 0 Å². The molecule has 0 aromatic heterocycles. The Bertz CT molecular complexity index is 1330. The summed E-state index contributed by atoms with van der Waals surface area (Å²) in [5.41, 5.74) is 4.85. The summed E-state index contributed by atoms with van der Waals surface area (Å²) in [7, 11) is -1.19. The van der Waals surface area contributed by atoms with Gasteiger partial charge in [0.05, 0.1) is 35.4 Å². The second kappa shape index (κ2) is 11.1. The first kappa shape index (κ1) is 26.8. The molecule has 1 saturated heterocycles. The van der Waals surface area contributed by atoms with Crippen LogP contribution in [0, 0.1) is 5.92 Å². The predicted octanol–water partition coefficient (Wildman–Crippen LogP) is 3.57. The molecule has 2 aliphatic rings. The van der Waals surface area contributed by atoms with Gasteiger partial charge in [0.2, 0.25) is 5.91 Å². The Morgan fingerprint density at radius 2 is 1.72 bits per heavy atom. The highest BCUT2D eigenvalue weighted by Crippen LogP contribution is 2.55. The third-order valence-electron chi connectivity index (χ3n) is 7.31. The molecule has 0 aliphatic carbocycles. The van der Waals surface area contributed by atoms with Crippen LogP contribution in [-0.2, 0) is 11.3 Å². The number of methoxy groups -OCH3 is 1. The number of nitrogens with one attached hydrogen (secondary N) is 2. The van der Waals surface area contributed by atoms with Gasteiger partial charge in [-0.1, -0.05) is 24.3 Å². The minimum Gasteiger partial charge on any atom is -0.497 e. The van der Waals surface area contributed by atoms with Gasteiger partial charge in [0.1, 0.15) is 5.75 Å². The highest BCUT2D eigenvalue weighted by atomic mass is 32.3. The van der Waals surface area contributed by atoms with Crippen molar-refractivity contribution >= 4 is 33.8 Å². The van der Waals surface area contributed by atoms with E-state index in [1.807, 2.05) is 53.4 Å². The molecule has 11 heteroatoms. The first-order valence-corrected chi connectivity index (χ1v) is 14.3. The smallest absolute Gasteiger partial charge is 0.251 e. The fourth-order valence-electron chi connectivity index (χ4n) is 5.16. The lowest BCUT2D eigenvalue weighted by Gasteiger charge is -2.43. The van der Waals surface area contributed by atoms with Crippen molar-refractivity contribution in [1.82, 2.24) is 10.8 Å². The Labute approximate surface area is 228 Å². The number of hydroxylamine groups is 1. The van der Waals surface area contributed by atoms with Gasteiger partial charge in [-0.25, -0.2) is 5.48 Å². The molecule has 5 rings (SSSR count). The van der Waals surface area contributed by atoms with Gasteiger partial charge in [-0.3, -0.25) is 23.9 Å². The number of ether oxygens (including phenoxy) is 1. The zero-order valence-electron chi connectivity index (χ0n) is 21.5. The minimum atomic E-state index is -2.78. The Balaban J connectivity index is 1.26. The lowest BCUT2D eigenvalue weighted by molar-refractivity contribution is -0.133. The summed E-state index contributed by atoms with van der Waals surface area (Å²) in [5.74, 6) is -0.494. The second-order valence-electron chi connectivity index (χ2n) is 9.72. The van der Waals surface area contributed by atoms with Crippen molar-refractivity contribution in [1.29, 1.82) is 0 Å². The maximum Gasteiger partial charge on any atom is 0.251 e. The van der Waals surface area contributed by atoms with Crippen LogP contribution in [0.4, 0.5) is 11.4 Å². The van der Waals surface area contributed by atoms with Crippen molar-refractivity contribution in [2.45, 2.75) is 17.5 Å². The van der Waals surface area contributed by atoms with Crippen LogP contribution in [0.15, 0.2) is 77.7 Å². The van der Waals surface area contributed by atoms with Gasteiger partial charge in [0.25, 0.3) is 5.91 Å². The zero-order valence-corrected chi connectivity index (χ0v) is 22.3. The van der Waals surface area contributed by atoms with Gasteiger partial charge in [0.15, 0.2) is 0 Å². The summed E-state index contributed by atoms with van der Waals surface area (Å²) >= 11 is 0. The number of rotatable bonds is 7. The number of anilines is 2. The number of nitrogens with zero attached hydrogens (tertiary/aromatic N) is 2. The molecule has 206 valence electrons. The molecule has 3 aromatic rings. The lowest BCUT2D eigenvalue weighted by atomic mass is 10.0. The average molecular weight is 553 g/mol. The van der Waals surface area contributed by atoms with Crippen molar-refractivity contribution in [3.05, 3.63) is 83.9 Å². The molecule has 2 heterocycles. The van der Waals surface area contributed by atoms with Crippen LogP contribution in [0.3, 0.4) is 0 Å². The summed E-state index contributed by atoms with van der Waals surface area (Å²) in [5, 5.41) is 12.2. The normalized spacial score (nSPS) is 20.6.